The molecule has 2 rings (SSSR count). The zero-order chi connectivity index (χ0) is 18.1. The third-order valence-electron chi connectivity index (χ3n) is 3.84. The summed E-state index contributed by atoms with van der Waals surface area (Å²) in [6.07, 6.45) is 4.21. The van der Waals surface area contributed by atoms with E-state index in [1.165, 1.54) is 5.57 Å². The number of unbranched alkanes of at least 4 members (excludes halogenated alkanes) is 1. The van der Waals surface area contributed by atoms with Crippen LogP contribution in [0.25, 0.3) is 0 Å². The molecule has 0 bridgehead atoms. The summed E-state index contributed by atoms with van der Waals surface area (Å²) in [6, 6.07) is 15.0. The average molecular weight is 337 g/mol. The standard InChI is InChI=1S/C22H27NO2/c1-4-5-15-25-19-11-12-20(21(16-19)23-14-13-17(2)3)22(24)18-9-7-6-8-10-18/h6-13,16,23H,4-5,14-15H2,1-3H3. The smallest absolute Gasteiger partial charge is 0.195 e. The summed E-state index contributed by atoms with van der Waals surface area (Å²) >= 11 is 0. The maximum absolute atomic E-state index is 12.8. The summed E-state index contributed by atoms with van der Waals surface area (Å²) in [5.41, 5.74) is 3.39. The van der Waals surface area contributed by atoms with E-state index in [1.54, 1.807) is 0 Å². The maximum atomic E-state index is 12.8. The van der Waals surface area contributed by atoms with E-state index in [0.717, 1.165) is 24.3 Å². The van der Waals surface area contributed by atoms with Gasteiger partial charge in [-0.05, 0) is 32.4 Å². The van der Waals surface area contributed by atoms with Crippen LogP contribution in [0, 0.1) is 0 Å². The fraction of sp³-hybridized carbons (Fsp3) is 0.318. The molecule has 0 radical (unpaired) electrons. The highest BCUT2D eigenvalue weighted by atomic mass is 16.5. The third kappa shape index (κ3) is 5.79. The first kappa shape index (κ1) is 18.8. The molecule has 0 fully saturated rings. The number of hydrogen-bond donors (Lipinski definition) is 1. The SMILES string of the molecule is CCCCOc1ccc(C(=O)c2ccccc2)c(NCC=C(C)C)c1. The molecule has 3 heteroatoms. The van der Waals surface area contributed by atoms with E-state index < -0.39 is 0 Å². The fourth-order valence-electron chi connectivity index (χ4n) is 2.40. The van der Waals surface area contributed by atoms with Gasteiger partial charge in [-0.25, -0.2) is 0 Å². The van der Waals surface area contributed by atoms with Crippen molar-refractivity contribution in [3.05, 3.63) is 71.3 Å². The van der Waals surface area contributed by atoms with Gasteiger partial charge in [-0.2, -0.15) is 0 Å². The van der Waals surface area contributed by atoms with Gasteiger partial charge in [0.25, 0.3) is 0 Å². The molecule has 0 unspecified atom stereocenters. The van der Waals surface area contributed by atoms with Gasteiger partial charge in [0.2, 0.25) is 0 Å². The molecule has 0 aliphatic heterocycles. The molecule has 3 nitrogen and oxygen atoms in total. The van der Waals surface area contributed by atoms with Crippen LogP contribution in [0.5, 0.6) is 5.75 Å². The molecule has 0 aliphatic rings. The number of hydrogen-bond acceptors (Lipinski definition) is 3. The summed E-state index contributed by atoms with van der Waals surface area (Å²) in [5, 5.41) is 3.35. The van der Waals surface area contributed by atoms with Gasteiger partial charge >= 0.3 is 0 Å². The van der Waals surface area contributed by atoms with Crippen LogP contribution >= 0.6 is 0 Å². The average Bonchev–Trinajstić information content (AvgIpc) is 2.62. The van der Waals surface area contributed by atoms with Crippen LogP contribution in [-0.2, 0) is 0 Å². The lowest BCUT2D eigenvalue weighted by molar-refractivity contribution is 0.103. The van der Waals surface area contributed by atoms with E-state index in [-0.39, 0.29) is 5.78 Å². The monoisotopic (exact) mass is 337 g/mol. The lowest BCUT2D eigenvalue weighted by Crippen LogP contribution is -2.09. The van der Waals surface area contributed by atoms with Crippen molar-refractivity contribution >= 4 is 11.5 Å². The summed E-state index contributed by atoms with van der Waals surface area (Å²) in [6.45, 7) is 7.62. The minimum Gasteiger partial charge on any atom is -0.494 e. The van der Waals surface area contributed by atoms with E-state index in [1.807, 2.05) is 48.5 Å². The predicted octanol–water partition coefficient (Wildman–Crippen LogP) is 5.47. The van der Waals surface area contributed by atoms with Crippen molar-refractivity contribution in [2.75, 3.05) is 18.5 Å². The Bertz CT molecular complexity index is 716. The maximum Gasteiger partial charge on any atom is 0.195 e. The number of ether oxygens (including phenoxy) is 1. The lowest BCUT2D eigenvalue weighted by Gasteiger charge is -2.13. The fourth-order valence-corrected chi connectivity index (χ4v) is 2.40. The minimum absolute atomic E-state index is 0.0143. The molecule has 0 spiro atoms. The second-order valence-corrected chi connectivity index (χ2v) is 6.27. The van der Waals surface area contributed by atoms with Crippen LogP contribution in [0.4, 0.5) is 5.69 Å². The number of allylic oxidation sites excluding steroid dienone is 1. The molecule has 0 amide bonds. The van der Waals surface area contributed by atoms with Crippen LogP contribution in [0.3, 0.4) is 0 Å². The molecule has 2 aromatic rings. The first-order valence-corrected chi connectivity index (χ1v) is 8.85. The molecule has 132 valence electrons. The van der Waals surface area contributed by atoms with Crippen molar-refractivity contribution in [1.29, 1.82) is 0 Å². The van der Waals surface area contributed by atoms with Crippen LogP contribution in [0.15, 0.2) is 60.2 Å². The molecule has 0 saturated heterocycles. The largest absolute Gasteiger partial charge is 0.494 e. The third-order valence-corrected chi connectivity index (χ3v) is 3.84. The second-order valence-electron chi connectivity index (χ2n) is 6.27. The van der Waals surface area contributed by atoms with E-state index in [9.17, 15) is 4.79 Å². The second kappa shape index (κ2) is 9.67. The molecule has 0 aliphatic carbocycles. The highest BCUT2D eigenvalue weighted by Gasteiger charge is 2.14. The van der Waals surface area contributed by atoms with E-state index in [4.69, 9.17) is 4.74 Å². The van der Waals surface area contributed by atoms with Gasteiger partial charge in [-0.15, -0.1) is 0 Å². The number of rotatable bonds is 9. The molecule has 0 atom stereocenters. The number of anilines is 1. The van der Waals surface area contributed by atoms with Gasteiger partial charge in [0, 0.05) is 29.4 Å². The zero-order valence-corrected chi connectivity index (χ0v) is 15.3. The van der Waals surface area contributed by atoms with Crippen LogP contribution in [-0.4, -0.2) is 18.9 Å². The number of benzene rings is 2. The first-order valence-electron chi connectivity index (χ1n) is 8.85. The Morgan fingerprint density at radius 2 is 1.88 bits per heavy atom. The topological polar surface area (TPSA) is 38.3 Å². The molecular formula is C22H27NO2. The first-order chi connectivity index (χ1) is 12.1. The number of ketones is 1. The van der Waals surface area contributed by atoms with Crippen molar-refractivity contribution in [2.24, 2.45) is 0 Å². The Morgan fingerprint density at radius 3 is 2.56 bits per heavy atom. The Labute approximate surface area is 150 Å². The van der Waals surface area contributed by atoms with E-state index in [0.29, 0.717) is 24.3 Å². The summed E-state index contributed by atoms with van der Waals surface area (Å²) in [4.78, 5) is 12.8. The van der Waals surface area contributed by atoms with Crippen molar-refractivity contribution in [2.45, 2.75) is 33.6 Å². The van der Waals surface area contributed by atoms with Gasteiger partial charge in [-0.1, -0.05) is 55.3 Å². The molecular weight excluding hydrogens is 310 g/mol. The molecule has 25 heavy (non-hydrogen) atoms. The molecule has 0 saturated carbocycles. The van der Waals surface area contributed by atoms with Crippen LogP contribution in [0.1, 0.15) is 49.5 Å². The Hall–Kier alpha value is -2.55. The lowest BCUT2D eigenvalue weighted by atomic mass is 10.0. The van der Waals surface area contributed by atoms with Gasteiger partial charge < -0.3 is 10.1 Å². The summed E-state index contributed by atoms with van der Waals surface area (Å²) in [5.74, 6) is 0.804. The number of carbonyl (C=O) groups excluding carboxylic acids is 1. The van der Waals surface area contributed by atoms with Crippen LogP contribution < -0.4 is 10.1 Å². The Kier molecular flexibility index (Phi) is 7.27. The van der Waals surface area contributed by atoms with Gasteiger partial charge in [0.15, 0.2) is 5.78 Å². The quantitative estimate of drug-likeness (QED) is 0.374. The summed E-state index contributed by atoms with van der Waals surface area (Å²) < 4.78 is 5.79. The zero-order valence-electron chi connectivity index (χ0n) is 15.3. The van der Waals surface area contributed by atoms with E-state index in [2.05, 4.69) is 32.2 Å². The van der Waals surface area contributed by atoms with Crippen molar-refractivity contribution in [3.8, 4) is 5.75 Å². The Morgan fingerprint density at radius 1 is 1.12 bits per heavy atom. The number of carbonyl (C=O) groups is 1. The van der Waals surface area contributed by atoms with Crippen molar-refractivity contribution in [3.63, 3.8) is 0 Å². The van der Waals surface area contributed by atoms with Crippen molar-refractivity contribution < 1.29 is 9.53 Å². The van der Waals surface area contributed by atoms with Gasteiger partial charge in [-0.3, -0.25) is 4.79 Å². The molecule has 0 heterocycles. The molecule has 0 aromatic heterocycles. The highest BCUT2D eigenvalue weighted by molar-refractivity contribution is 6.12. The molecule has 2 aromatic carbocycles. The Balaban J connectivity index is 2.26. The van der Waals surface area contributed by atoms with Gasteiger partial charge in [0.1, 0.15) is 5.75 Å². The van der Waals surface area contributed by atoms with Crippen molar-refractivity contribution in [1.82, 2.24) is 0 Å². The minimum atomic E-state index is 0.0143. The highest BCUT2D eigenvalue weighted by Crippen LogP contribution is 2.25. The number of nitrogens with one attached hydrogen (secondary N) is 1. The summed E-state index contributed by atoms with van der Waals surface area (Å²) in [7, 11) is 0. The molecule has 1 N–H and O–H groups in total. The van der Waals surface area contributed by atoms with E-state index >= 15 is 0 Å². The van der Waals surface area contributed by atoms with Gasteiger partial charge in [0.05, 0.1) is 6.61 Å². The predicted molar refractivity (Wildman–Crippen MR) is 105 cm³/mol. The van der Waals surface area contributed by atoms with Crippen LogP contribution in [0.2, 0.25) is 0 Å². The normalized spacial score (nSPS) is 10.2.